The predicted molar refractivity (Wildman–Crippen MR) is 43.6 cm³/mol. The van der Waals surface area contributed by atoms with Gasteiger partial charge in [0.15, 0.2) is 0 Å². The second kappa shape index (κ2) is 2.60. The second-order valence-electron chi connectivity index (χ2n) is 3.11. The van der Waals surface area contributed by atoms with E-state index in [1.54, 1.807) is 0 Å². The van der Waals surface area contributed by atoms with Crippen LogP contribution in [0.5, 0.6) is 0 Å². The molecule has 0 amide bonds. The smallest absolute Gasteiger partial charge is 0.0801 e. The maximum Gasteiger partial charge on any atom is 0.0801 e. The van der Waals surface area contributed by atoms with Crippen molar-refractivity contribution in [1.29, 1.82) is 0 Å². The zero-order valence-electron chi connectivity index (χ0n) is 6.70. The summed E-state index contributed by atoms with van der Waals surface area (Å²) in [7, 11) is -4.22. The fourth-order valence-electron chi connectivity index (χ4n) is 0.773. The van der Waals surface area contributed by atoms with Crippen LogP contribution in [0, 0.1) is 5.92 Å². The van der Waals surface area contributed by atoms with Crippen molar-refractivity contribution in [1.82, 2.24) is 0 Å². The second-order valence-corrected chi connectivity index (χ2v) is 6.30. The van der Waals surface area contributed by atoms with Crippen LogP contribution in [0.3, 0.4) is 0 Å². The summed E-state index contributed by atoms with van der Waals surface area (Å²) >= 11 is 0. The van der Waals surface area contributed by atoms with Crippen LogP contribution in [0.1, 0.15) is 20.3 Å². The minimum atomic E-state index is -4.22. The van der Waals surface area contributed by atoms with Crippen molar-refractivity contribution in [3.8, 4) is 0 Å². The highest BCUT2D eigenvalue weighted by molar-refractivity contribution is 8.09. The van der Waals surface area contributed by atoms with Crippen LogP contribution < -0.4 is 0 Å². The van der Waals surface area contributed by atoms with E-state index in [0.717, 1.165) is 12.7 Å². The van der Waals surface area contributed by atoms with Crippen LogP contribution in [-0.2, 0) is 9.63 Å². The first-order valence-corrected chi connectivity index (χ1v) is 5.79. The third-order valence-corrected chi connectivity index (χ3v) is 2.70. The molecule has 0 saturated heterocycles. The molecule has 1 atom stereocenters. The Hall–Kier alpha value is 0.0700. The van der Waals surface area contributed by atoms with Crippen molar-refractivity contribution in [3.05, 3.63) is 0 Å². The van der Waals surface area contributed by atoms with Crippen LogP contribution in [0.4, 0.5) is 0 Å². The fourth-order valence-corrected chi connectivity index (χ4v) is 2.32. The first-order chi connectivity index (χ1) is 4.21. The Kier molecular flexibility index (Phi) is 2.62. The maximum atomic E-state index is 10.9. The lowest BCUT2D eigenvalue weighted by Crippen LogP contribution is -2.36. The van der Waals surface area contributed by atoms with Crippen LogP contribution in [-0.4, -0.2) is 25.3 Å². The van der Waals surface area contributed by atoms with Crippen molar-refractivity contribution in [2.75, 3.05) is 12.0 Å². The summed E-state index contributed by atoms with van der Waals surface area (Å²) < 4.78 is 28.7. The summed E-state index contributed by atoms with van der Waals surface area (Å²) in [4.78, 5) is 0. The largest absolute Gasteiger partial charge is 0.308 e. The van der Waals surface area contributed by atoms with Gasteiger partial charge in [0.1, 0.15) is 0 Å². The lowest BCUT2D eigenvalue weighted by molar-refractivity contribution is 0.386. The molecule has 0 fully saturated rings. The average molecular weight is 168 g/mol. The molecular weight excluding hydrogens is 152 g/mol. The van der Waals surface area contributed by atoms with E-state index in [2.05, 4.69) is 0 Å². The van der Waals surface area contributed by atoms with Crippen LogP contribution in [0.2, 0.25) is 0 Å². The molecule has 0 aromatic rings. The lowest BCUT2D eigenvalue weighted by Gasteiger charge is -2.27. The van der Waals surface area contributed by atoms with Gasteiger partial charge in [-0.3, -0.25) is 0 Å². The van der Waals surface area contributed by atoms with Crippen LogP contribution in [0.15, 0.2) is 0 Å². The van der Waals surface area contributed by atoms with Gasteiger partial charge in [-0.15, -0.1) is 0 Å². The maximum absolute atomic E-state index is 10.9. The molecule has 0 bridgehead atoms. The molecule has 0 spiro atoms. The van der Waals surface area contributed by atoms with Gasteiger partial charge in [0, 0.05) is 12.0 Å². The van der Waals surface area contributed by atoms with E-state index in [-0.39, 0.29) is 11.7 Å². The predicted octanol–water partition coefficient (Wildman–Crippen LogP) is 1.43. The molecule has 0 rings (SSSR count). The SMILES string of the molecule is CCC(C)CS(C)(=O)(O)O. The summed E-state index contributed by atoms with van der Waals surface area (Å²) in [6.07, 6.45) is 1.80. The van der Waals surface area contributed by atoms with E-state index in [4.69, 9.17) is 9.11 Å². The molecule has 2 N–H and O–H groups in total. The van der Waals surface area contributed by atoms with Crippen molar-refractivity contribution in [3.63, 3.8) is 0 Å². The molecular formula is C6H16O3S. The number of hydrogen-bond acceptors (Lipinski definition) is 1. The molecule has 0 aromatic carbocycles. The van der Waals surface area contributed by atoms with Gasteiger partial charge in [0.25, 0.3) is 0 Å². The fraction of sp³-hybridized carbons (Fsp3) is 1.00. The van der Waals surface area contributed by atoms with Gasteiger partial charge in [-0.1, -0.05) is 20.3 Å². The molecule has 10 heavy (non-hydrogen) atoms. The molecule has 1 unspecified atom stereocenters. The van der Waals surface area contributed by atoms with Gasteiger partial charge in [-0.2, -0.15) is 0 Å². The van der Waals surface area contributed by atoms with E-state index < -0.39 is 9.63 Å². The molecule has 0 radical (unpaired) electrons. The monoisotopic (exact) mass is 168 g/mol. The topological polar surface area (TPSA) is 57.5 Å². The molecule has 4 heteroatoms. The normalized spacial score (nSPS) is 19.5. The first-order valence-electron chi connectivity index (χ1n) is 3.33. The Labute approximate surface area is 61.9 Å². The van der Waals surface area contributed by atoms with Crippen molar-refractivity contribution < 1.29 is 13.3 Å². The third kappa shape index (κ3) is 6.19. The molecule has 0 aliphatic heterocycles. The van der Waals surface area contributed by atoms with Gasteiger partial charge in [0.2, 0.25) is 0 Å². The van der Waals surface area contributed by atoms with Crippen LogP contribution in [0.25, 0.3) is 0 Å². The summed E-state index contributed by atoms with van der Waals surface area (Å²) in [5.74, 6) is 0.0766. The van der Waals surface area contributed by atoms with E-state index >= 15 is 0 Å². The Bertz CT molecular complexity index is 159. The Morgan fingerprint density at radius 2 is 1.90 bits per heavy atom. The number of hydrogen-bond donors (Lipinski definition) is 2. The van der Waals surface area contributed by atoms with Crippen LogP contribution >= 0.6 is 0 Å². The molecule has 64 valence electrons. The van der Waals surface area contributed by atoms with E-state index in [9.17, 15) is 4.21 Å². The Morgan fingerprint density at radius 1 is 1.50 bits per heavy atom. The molecule has 0 heterocycles. The summed E-state index contributed by atoms with van der Waals surface area (Å²) in [5, 5.41) is 0. The van der Waals surface area contributed by atoms with E-state index in [1.165, 1.54) is 0 Å². The van der Waals surface area contributed by atoms with Gasteiger partial charge < -0.3 is 9.11 Å². The zero-order chi connectivity index (χ0) is 8.44. The van der Waals surface area contributed by atoms with Crippen molar-refractivity contribution >= 4 is 9.63 Å². The third-order valence-electron chi connectivity index (χ3n) is 1.37. The quantitative estimate of drug-likeness (QED) is 0.670. The average Bonchev–Trinajstić information content (AvgIpc) is 1.59. The summed E-state index contributed by atoms with van der Waals surface area (Å²) in [5.41, 5.74) is 0. The molecule has 0 saturated carbocycles. The van der Waals surface area contributed by atoms with E-state index in [0.29, 0.717) is 0 Å². The summed E-state index contributed by atoms with van der Waals surface area (Å²) in [6, 6.07) is 0. The highest BCUT2D eigenvalue weighted by atomic mass is 32.3. The number of rotatable bonds is 3. The minimum absolute atomic E-state index is 0.0201. The van der Waals surface area contributed by atoms with Crippen molar-refractivity contribution in [2.45, 2.75) is 20.3 Å². The highest BCUT2D eigenvalue weighted by Gasteiger charge is 2.24. The minimum Gasteiger partial charge on any atom is -0.308 e. The summed E-state index contributed by atoms with van der Waals surface area (Å²) in [6.45, 7) is 3.76. The van der Waals surface area contributed by atoms with Gasteiger partial charge in [0.05, 0.1) is 9.63 Å². The van der Waals surface area contributed by atoms with Gasteiger partial charge in [-0.25, -0.2) is 4.21 Å². The van der Waals surface area contributed by atoms with Gasteiger partial charge >= 0.3 is 0 Å². The first kappa shape index (κ1) is 10.1. The molecule has 0 aliphatic rings. The van der Waals surface area contributed by atoms with Crippen molar-refractivity contribution in [2.24, 2.45) is 5.92 Å². The molecule has 3 nitrogen and oxygen atoms in total. The standard InChI is InChI=1S/C6H16O3S/c1-4-6(2)5-10(3,7,8)9/h6H,4-5H2,1-3H3,(H2,7,8,9). The van der Waals surface area contributed by atoms with E-state index in [1.807, 2.05) is 13.8 Å². The highest BCUT2D eigenvalue weighted by Crippen LogP contribution is 2.17. The lowest BCUT2D eigenvalue weighted by atomic mass is 10.2. The Balaban J connectivity index is 4.04. The Morgan fingerprint density at radius 3 is 2.00 bits per heavy atom. The molecule has 0 aliphatic carbocycles. The zero-order valence-corrected chi connectivity index (χ0v) is 7.52. The molecule has 0 aromatic heterocycles. The van der Waals surface area contributed by atoms with Gasteiger partial charge in [-0.05, 0) is 5.92 Å².